The molecule has 0 aliphatic carbocycles. The van der Waals surface area contributed by atoms with E-state index in [-0.39, 0.29) is 0 Å². The van der Waals surface area contributed by atoms with Crippen molar-refractivity contribution in [3.63, 3.8) is 0 Å². The molecule has 1 nitrogen and oxygen atoms in total. The Kier molecular flexibility index (Phi) is 3.87. The normalized spacial score (nSPS) is 12.0. The van der Waals surface area contributed by atoms with Gasteiger partial charge in [0, 0.05) is 0 Å². The summed E-state index contributed by atoms with van der Waals surface area (Å²) in [5, 5.41) is 9.21. The summed E-state index contributed by atoms with van der Waals surface area (Å²) < 4.78 is 0. The SMILES string of the molecule is CCC[CH]CC(C)(C)O. The lowest BCUT2D eigenvalue weighted by molar-refractivity contribution is 0.0790. The first-order valence-corrected chi connectivity index (χ1v) is 3.60. The van der Waals surface area contributed by atoms with Crippen molar-refractivity contribution in [3.05, 3.63) is 6.42 Å². The minimum Gasteiger partial charge on any atom is -0.390 e. The van der Waals surface area contributed by atoms with Crippen LogP contribution in [0.25, 0.3) is 0 Å². The van der Waals surface area contributed by atoms with Crippen LogP contribution in [-0.2, 0) is 0 Å². The minimum absolute atomic E-state index is 0.505. The first-order chi connectivity index (χ1) is 4.06. The molecule has 1 heteroatoms. The summed E-state index contributed by atoms with van der Waals surface area (Å²) >= 11 is 0. The standard InChI is InChI=1S/C8H17O/c1-4-5-6-7-8(2,3)9/h6,9H,4-5,7H2,1-3H3. The van der Waals surface area contributed by atoms with Gasteiger partial charge in [-0.25, -0.2) is 0 Å². The fourth-order valence-corrected chi connectivity index (χ4v) is 0.659. The van der Waals surface area contributed by atoms with Crippen molar-refractivity contribution < 1.29 is 5.11 Å². The molecule has 0 aromatic carbocycles. The van der Waals surface area contributed by atoms with E-state index in [1.807, 2.05) is 13.8 Å². The number of hydrogen-bond donors (Lipinski definition) is 1. The molecule has 0 unspecified atom stereocenters. The fraction of sp³-hybridized carbons (Fsp3) is 0.875. The second-order valence-corrected chi connectivity index (χ2v) is 3.09. The number of hydrogen-bond acceptors (Lipinski definition) is 1. The summed E-state index contributed by atoms with van der Waals surface area (Å²) in [7, 11) is 0. The highest BCUT2D eigenvalue weighted by Crippen LogP contribution is 2.11. The van der Waals surface area contributed by atoms with Crippen molar-refractivity contribution in [1.29, 1.82) is 0 Å². The monoisotopic (exact) mass is 129 g/mol. The molecule has 0 amide bonds. The van der Waals surface area contributed by atoms with E-state index in [2.05, 4.69) is 13.3 Å². The summed E-state index contributed by atoms with van der Waals surface area (Å²) in [5.41, 5.74) is -0.505. The van der Waals surface area contributed by atoms with Gasteiger partial charge in [0.2, 0.25) is 0 Å². The maximum absolute atomic E-state index is 9.21. The molecule has 0 rings (SSSR count). The first-order valence-electron chi connectivity index (χ1n) is 3.60. The number of rotatable bonds is 4. The van der Waals surface area contributed by atoms with Crippen LogP contribution in [0.2, 0.25) is 0 Å². The van der Waals surface area contributed by atoms with Crippen LogP contribution in [0.3, 0.4) is 0 Å². The average molecular weight is 129 g/mol. The number of unbranched alkanes of at least 4 members (excludes halogenated alkanes) is 2. The summed E-state index contributed by atoms with van der Waals surface area (Å²) in [6.45, 7) is 5.80. The highest BCUT2D eigenvalue weighted by molar-refractivity contribution is 4.75. The van der Waals surface area contributed by atoms with Crippen molar-refractivity contribution >= 4 is 0 Å². The van der Waals surface area contributed by atoms with Gasteiger partial charge in [-0.3, -0.25) is 0 Å². The van der Waals surface area contributed by atoms with Crippen LogP contribution in [0.5, 0.6) is 0 Å². The van der Waals surface area contributed by atoms with Gasteiger partial charge < -0.3 is 5.11 Å². The minimum atomic E-state index is -0.505. The van der Waals surface area contributed by atoms with Crippen molar-refractivity contribution in [1.82, 2.24) is 0 Å². The zero-order chi connectivity index (χ0) is 7.33. The van der Waals surface area contributed by atoms with Crippen molar-refractivity contribution in [2.45, 2.75) is 45.6 Å². The molecule has 0 atom stereocenters. The highest BCUT2D eigenvalue weighted by atomic mass is 16.3. The third kappa shape index (κ3) is 7.96. The second kappa shape index (κ2) is 3.89. The Labute approximate surface area is 58.1 Å². The van der Waals surface area contributed by atoms with Gasteiger partial charge in [0.05, 0.1) is 5.60 Å². The van der Waals surface area contributed by atoms with Crippen molar-refractivity contribution in [2.24, 2.45) is 0 Å². The lowest BCUT2D eigenvalue weighted by atomic mass is 10.0. The van der Waals surface area contributed by atoms with Crippen LogP contribution in [0.4, 0.5) is 0 Å². The summed E-state index contributed by atoms with van der Waals surface area (Å²) in [4.78, 5) is 0. The van der Waals surface area contributed by atoms with Gasteiger partial charge in [0.25, 0.3) is 0 Å². The Bertz CT molecular complexity index is 61.5. The van der Waals surface area contributed by atoms with Crippen LogP contribution >= 0.6 is 0 Å². The van der Waals surface area contributed by atoms with E-state index in [9.17, 15) is 5.11 Å². The maximum Gasteiger partial charge on any atom is 0.0594 e. The molecular weight excluding hydrogens is 112 g/mol. The molecule has 0 spiro atoms. The molecule has 1 radical (unpaired) electrons. The average Bonchev–Trinajstić information content (AvgIpc) is 1.63. The molecular formula is C8H17O. The summed E-state index contributed by atoms with van der Waals surface area (Å²) in [6, 6.07) is 0. The predicted molar refractivity (Wildman–Crippen MR) is 40.1 cm³/mol. The summed E-state index contributed by atoms with van der Waals surface area (Å²) in [6.07, 6.45) is 5.24. The Hall–Kier alpha value is -0.0400. The van der Waals surface area contributed by atoms with E-state index in [0.717, 1.165) is 12.8 Å². The summed E-state index contributed by atoms with van der Waals surface area (Å²) in [5.74, 6) is 0. The van der Waals surface area contributed by atoms with E-state index in [1.54, 1.807) is 0 Å². The highest BCUT2D eigenvalue weighted by Gasteiger charge is 2.10. The molecule has 0 aliphatic rings. The quantitative estimate of drug-likeness (QED) is 0.577. The lowest BCUT2D eigenvalue weighted by Crippen LogP contribution is -2.17. The van der Waals surface area contributed by atoms with Crippen LogP contribution in [0, 0.1) is 6.42 Å². The van der Waals surface area contributed by atoms with Crippen molar-refractivity contribution in [2.75, 3.05) is 0 Å². The van der Waals surface area contributed by atoms with Crippen molar-refractivity contribution in [3.8, 4) is 0 Å². The Morgan fingerprint density at radius 3 is 2.33 bits per heavy atom. The van der Waals surface area contributed by atoms with Crippen LogP contribution in [0.15, 0.2) is 0 Å². The maximum atomic E-state index is 9.21. The Balaban J connectivity index is 3.07. The molecule has 0 saturated carbocycles. The van der Waals surface area contributed by atoms with E-state index in [0.29, 0.717) is 0 Å². The van der Waals surface area contributed by atoms with E-state index in [4.69, 9.17) is 0 Å². The molecule has 0 saturated heterocycles. The molecule has 9 heavy (non-hydrogen) atoms. The van der Waals surface area contributed by atoms with Gasteiger partial charge in [-0.2, -0.15) is 0 Å². The third-order valence-electron chi connectivity index (χ3n) is 1.14. The zero-order valence-electron chi connectivity index (χ0n) is 6.65. The Morgan fingerprint density at radius 2 is 2.00 bits per heavy atom. The lowest BCUT2D eigenvalue weighted by Gasteiger charge is -2.15. The van der Waals surface area contributed by atoms with Crippen LogP contribution in [-0.4, -0.2) is 10.7 Å². The molecule has 0 heterocycles. The van der Waals surface area contributed by atoms with Gasteiger partial charge in [-0.1, -0.05) is 19.8 Å². The van der Waals surface area contributed by atoms with Gasteiger partial charge in [0.1, 0.15) is 0 Å². The number of aliphatic hydroxyl groups is 1. The molecule has 0 aliphatic heterocycles. The van der Waals surface area contributed by atoms with E-state index < -0.39 is 5.60 Å². The van der Waals surface area contributed by atoms with Gasteiger partial charge in [-0.05, 0) is 26.7 Å². The molecule has 1 N–H and O–H groups in total. The molecule has 0 fully saturated rings. The van der Waals surface area contributed by atoms with Crippen LogP contribution < -0.4 is 0 Å². The Morgan fingerprint density at radius 1 is 1.44 bits per heavy atom. The smallest absolute Gasteiger partial charge is 0.0594 e. The molecule has 0 aromatic heterocycles. The first kappa shape index (κ1) is 8.96. The van der Waals surface area contributed by atoms with Gasteiger partial charge in [0.15, 0.2) is 0 Å². The molecule has 0 aromatic rings. The second-order valence-electron chi connectivity index (χ2n) is 3.09. The fourth-order valence-electron chi connectivity index (χ4n) is 0.659. The van der Waals surface area contributed by atoms with Gasteiger partial charge in [-0.15, -0.1) is 0 Å². The van der Waals surface area contributed by atoms with E-state index >= 15 is 0 Å². The van der Waals surface area contributed by atoms with E-state index in [1.165, 1.54) is 6.42 Å². The molecule has 55 valence electrons. The van der Waals surface area contributed by atoms with Crippen LogP contribution in [0.1, 0.15) is 40.0 Å². The largest absolute Gasteiger partial charge is 0.390 e. The zero-order valence-corrected chi connectivity index (χ0v) is 6.65. The third-order valence-corrected chi connectivity index (χ3v) is 1.14. The topological polar surface area (TPSA) is 20.2 Å². The predicted octanol–water partition coefficient (Wildman–Crippen LogP) is 2.15. The van der Waals surface area contributed by atoms with Gasteiger partial charge >= 0.3 is 0 Å². The molecule has 0 bridgehead atoms.